The molecule has 37 heavy (non-hydrogen) atoms. The van der Waals surface area contributed by atoms with E-state index >= 15 is 0 Å². The minimum atomic E-state index is -4.46. The molecule has 1 saturated carbocycles. The van der Waals surface area contributed by atoms with Crippen molar-refractivity contribution >= 4 is 11.9 Å². The van der Waals surface area contributed by atoms with Gasteiger partial charge in [-0.3, -0.25) is 14.6 Å². The summed E-state index contributed by atoms with van der Waals surface area (Å²) in [6.07, 6.45) is 2.09. The number of carbonyl (C=O) groups is 1. The molecule has 1 aliphatic carbocycles. The Morgan fingerprint density at radius 3 is 2.49 bits per heavy atom. The van der Waals surface area contributed by atoms with E-state index in [1.54, 1.807) is 17.2 Å². The molecule has 1 aromatic carbocycles. The number of H-pyrrole nitrogens is 1. The zero-order chi connectivity index (χ0) is 25.7. The van der Waals surface area contributed by atoms with Crippen molar-refractivity contribution in [3.05, 3.63) is 58.7 Å². The van der Waals surface area contributed by atoms with Crippen LogP contribution in [0.2, 0.25) is 0 Å². The molecule has 2 saturated heterocycles. The molecular weight excluding hydrogens is 483 g/mol. The van der Waals surface area contributed by atoms with Crippen molar-refractivity contribution in [1.82, 2.24) is 29.9 Å². The molecule has 0 bridgehead atoms. The molecule has 1 N–H and O–H groups in total. The van der Waals surface area contributed by atoms with E-state index in [2.05, 4.69) is 25.2 Å². The molecule has 8 nitrogen and oxygen atoms in total. The normalized spacial score (nSPS) is 21.1. The highest BCUT2D eigenvalue weighted by atomic mass is 19.4. The van der Waals surface area contributed by atoms with Gasteiger partial charge in [-0.25, -0.2) is 0 Å². The zero-order valence-corrected chi connectivity index (χ0v) is 20.7. The molecule has 3 aliphatic rings. The van der Waals surface area contributed by atoms with Crippen molar-refractivity contribution in [2.75, 3.05) is 24.5 Å². The van der Waals surface area contributed by atoms with E-state index in [1.807, 2.05) is 11.6 Å². The largest absolute Gasteiger partial charge is 0.416 e. The highest BCUT2D eigenvalue weighted by Crippen LogP contribution is 2.45. The summed E-state index contributed by atoms with van der Waals surface area (Å²) < 4.78 is 43.3. The summed E-state index contributed by atoms with van der Waals surface area (Å²) in [5.74, 6) is 1.55. The number of hydrogen-bond acceptors (Lipinski definition) is 5. The molecule has 2 aromatic heterocycles. The number of halogens is 3. The summed E-state index contributed by atoms with van der Waals surface area (Å²) in [6.45, 7) is 3.90. The second-order valence-electron chi connectivity index (χ2n) is 10.3. The number of aromatic nitrogens is 5. The van der Waals surface area contributed by atoms with Crippen LogP contribution in [0.3, 0.4) is 0 Å². The molecule has 6 rings (SSSR count). The lowest BCUT2D eigenvalue weighted by atomic mass is 9.97. The van der Waals surface area contributed by atoms with Crippen LogP contribution in [0.1, 0.15) is 89.5 Å². The van der Waals surface area contributed by atoms with Crippen LogP contribution in [-0.2, 0) is 6.18 Å². The van der Waals surface area contributed by atoms with Gasteiger partial charge >= 0.3 is 6.18 Å². The molecule has 2 aliphatic heterocycles. The quantitative estimate of drug-likeness (QED) is 0.518. The van der Waals surface area contributed by atoms with E-state index in [0.717, 1.165) is 56.4 Å². The SMILES string of the molecule is Cc1nc(N2CCC(n3ncc(C(=O)N4CCCC4c4ccccc4C(F)(F)F)c3C3CC3)CC2)n[nH]1. The van der Waals surface area contributed by atoms with Gasteiger partial charge in [0.05, 0.1) is 35.1 Å². The number of hydrogen-bond donors (Lipinski definition) is 1. The van der Waals surface area contributed by atoms with Gasteiger partial charge in [0.25, 0.3) is 5.91 Å². The first-order valence-electron chi connectivity index (χ1n) is 13.0. The van der Waals surface area contributed by atoms with Crippen LogP contribution in [0.5, 0.6) is 0 Å². The number of piperidine rings is 1. The predicted octanol–water partition coefficient (Wildman–Crippen LogP) is 5.02. The van der Waals surface area contributed by atoms with E-state index in [9.17, 15) is 18.0 Å². The number of likely N-dealkylation sites (tertiary alicyclic amines) is 1. The first-order valence-corrected chi connectivity index (χ1v) is 13.0. The van der Waals surface area contributed by atoms with Crippen LogP contribution in [0.4, 0.5) is 19.1 Å². The lowest BCUT2D eigenvalue weighted by Gasteiger charge is -2.32. The Morgan fingerprint density at radius 1 is 1.05 bits per heavy atom. The van der Waals surface area contributed by atoms with Crippen molar-refractivity contribution in [2.24, 2.45) is 0 Å². The number of amides is 1. The maximum Gasteiger partial charge on any atom is 0.416 e. The second kappa shape index (κ2) is 9.18. The topological polar surface area (TPSA) is 82.9 Å². The molecule has 4 heterocycles. The molecule has 11 heteroatoms. The summed E-state index contributed by atoms with van der Waals surface area (Å²) >= 11 is 0. The first kappa shape index (κ1) is 24.0. The fourth-order valence-electron chi connectivity index (χ4n) is 5.91. The van der Waals surface area contributed by atoms with Crippen LogP contribution < -0.4 is 4.90 Å². The van der Waals surface area contributed by atoms with E-state index in [-0.39, 0.29) is 23.4 Å². The molecule has 196 valence electrons. The van der Waals surface area contributed by atoms with Crippen LogP contribution in [0.25, 0.3) is 0 Å². The van der Waals surface area contributed by atoms with E-state index in [0.29, 0.717) is 30.9 Å². The molecular formula is C26H30F3N7O. The Labute approximate surface area is 212 Å². The van der Waals surface area contributed by atoms with Gasteiger partial charge < -0.3 is 9.80 Å². The van der Waals surface area contributed by atoms with Crippen LogP contribution in [0, 0.1) is 6.92 Å². The molecule has 1 unspecified atom stereocenters. The summed E-state index contributed by atoms with van der Waals surface area (Å²) in [5, 5.41) is 11.8. The van der Waals surface area contributed by atoms with Gasteiger partial charge in [0.1, 0.15) is 5.82 Å². The number of anilines is 1. The molecule has 0 radical (unpaired) electrons. The second-order valence-corrected chi connectivity index (χ2v) is 10.3. The number of carbonyl (C=O) groups excluding carboxylic acids is 1. The van der Waals surface area contributed by atoms with Gasteiger partial charge in [0.15, 0.2) is 0 Å². The Hall–Kier alpha value is -3.37. The molecule has 3 fully saturated rings. The summed E-state index contributed by atoms with van der Waals surface area (Å²) in [7, 11) is 0. The monoisotopic (exact) mass is 513 g/mol. The minimum absolute atomic E-state index is 0.161. The Balaban J connectivity index is 1.25. The first-order chi connectivity index (χ1) is 17.8. The molecule has 1 atom stereocenters. The molecule has 0 spiro atoms. The zero-order valence-electron chi connectivity index (χ0n) is 20.7. The fraction of sp³-hybridized carbons (Fsp3) is 0.538. The minimum Gasteiger partial charge on any atom is -0.339 e. The van der Waals surface area contributed by atoms with E-state index < -0.39 is 17.8 Å². The maximum absolute atomic E-state index is 13.8. The van der Waals surface area contributed by atoms with Gasteiger partial charge in [0.2, 0.25) is 5.95 Å². The highest BCUT2D eigenvalue weighted by molar-refractivity contribution is 5.96. The Bertz CT molecular complexity index is 1290. The van der Waals surface area contributed by atoms with E-state index in [1.165, 1.54) is 12.1 Å². The number of benzene rings is 1. The third-order valence-corrected chi connectivity index (χ3v) is 7.85. The predicted molar refractivity (Wildman–Crippen MR) is 130 cm³/mol. The average Bonchev–Trinajstić information content (AvgIpc) is 3.27. The Kier molecular flexibility index (Phi) is 5.95. The van der Waals surface area contributed by atoms with Crippen molar-refractivity contribution in [1.29, 1.82) is 0 Å². The van der Waals surface area contributed by atoms with Crippen LogP contribution in [-0.4, -0.2) is 55.4 Å². The van der Waals surface area contributed by atoms with Crippen molar-refractivity contribution in [3.63, 3.8) is 0 Å². The number of aryl methyl sites for hydroxylation is 1. The van der Waals surface area contributed by atoms with Gasteiger partial charge in [-0.05, 0) is 57.1 Å². The van der Waals surface area contributed by atoms with Crippen molar-refractivity contribution in [3.8, 4) is 0 Å². The molecule has 1 amide bonds. The van der Waals surface area contributed by atoms with Crippen LogP contribution in [0.15, 0.2) is 30.5 Å². The van der Waals surface area contributed by atoms with Gasteiger partial charge in [-0.1, -0.05) is 18.2 Å². The number of nitrogens with zero attached hydrogens (tertiary/aromatic N) is 6. The van der Waals surface area contributed by atoms with E-state index in [4.69, 9.17) is 0 Å². The summed E-state index contributed by atoms with van der Waals surface area (Å²) in [5.41, 5.74) is 1.01. The third-order valence-electron chi connectivity index (χ3n) is 7.85. The fourth-order valence-corrected chi connectivity index (χ4v) is 5.91. The highest BCUT2D eigenvalue weighted by Gasteiger charge is 2.41. The van der Waals surface area contributed by atoms with Crippen molar-refractivity contribution < 1.29 is 18.0 Å². The summed E-state index contributed by atoms with van der Waals surface area (Å²) in [4.78, 5) is 22.1. The van der Waals surface area contributed by atoms with Gasteiger partial charge in [-0.2, -0.15) is 23.3 Å². The smallest absolute Gasteiger partial charge is 0.339 e. The lowest BCUT2D eigenvalue weighted by Crippen LogP contribution is -2.36. The number of aromatic amines is 1. The number of nitrogens with one attached hydrogen (secondary N) is 1. The lowest BCUT2D eigenvalue weighted by molar-refractivity contribution is -0.138. The Morgan fingerprint density at radius 2 is 1.81 bits per heavy atom. The number of rotatable bonds is 5. The average molecular weight is 514 g/mol. The van der Waals surface area contributed by atoms with Gasteiger partial charge in [-0.15, -0.1) is 5.10 Å². The standard InChI is InChI=1S/C26H30F3N7O/c1-16-31-25(33-32-16)34-13-10-18(11-14-34)36-23(17-8-9-17)20(15-30-36)24(37)35-12-4-7-22(35)19-5-2-3-6-21(19)26(27,28)29/h2-3,5-6,15,17-18,22H,4,7-14H2,1H3,(H,31,32,33). The molecule has 3 aromatic rings. The number of alkyl halides is 3. The maximum atomic E-state index is 13.8. The van der Waals surface area contributed by atoms with Crippen LogP contribution >= 0.6 is 0 Å². The third kappa shape index (κ3) is 4.48. The summed E-state index contributed by atoms with van der Waals surface area (Å²) in [6, 6.07) is 5.20. The van der Waals surface area contributed by atoms with Gasteiger partial charge in [0, 0.05) is 25.6 Å². The van der Waals surface area contributed by atoms with Crippen molar-refractivity contribution in [2.45, 2.75) is 69.6 Å².